The van der Waals surface area contributed by atoms with Gasteiger partial charge < -0.3 is 10.3 Å². The van der Waals surface area contributed by atoms with Gasteiger partial charge in [0.05, 0.1) is 15.9 Å². The second kappa shape index (κ2) is 6.73. The minimum absolute atomic E-state index is 0.585. The Morgan fingerprint density at radius 1 is 1.35 bits per heavy atom. The average molecular weight is 359 g/mol. The third kappa shape index (κ3) is 3.07. The zero-order valence-corrected chi connectivity index (χ0v) is 14.3. The molecule has 0 amide bonds. The molecule has 0 saturated carbocycles. The predicted octanol–water partition coefficient (Wildman–Crippen LogP) is 1.90. The summed E-state index contributed by atoms with van der Waals surface area (Å²) in [5, 5.41) is 13.7. The molecule has 2 N–H and O–H groups in total. The molecule has 0 bridgehead atoms. The first kappa shape index (κ1) is 15.5. The summed E-state index contributed by atoms with van der Waals surface area (Å²) < 4.78 is 5.07. The van der Waals surface area contributed by atoms with Crippen LogP contribution in [0.5, 0.6) is 0 Å². The zero-order valence-electron chi connectivity index (χ0n) is 11.9. The van der Waals surface area contributed by atoms with Gasteiger partial charge in [-0.1, -0.05) is 18.7 Å². The fourth-order valence-electron chi connectivity index (χ4n) is 1.96. The van der Waals surface area contributed by atoms with Crippen LogP contribution < -0.4 is 5.73 Å². The zero-order chi connectivity index (χ0) is 14.7. The smallest absolute Gasteiger partial charge is 0.191 e. The van der Waals surface area contributed by atoms with Crippen molar-refractivity contribution in [1.29, 1.82) is 0 Å². The van der Waals surface area contributed by atoms with Gasteiger partial charge in [0, 0.05) is 25.9 Å². The Bertz CT molecular complexity index is 591. The van der Waals surface area contributed by atoms with Crippen LogP contribution in [0.15, 0.2) is 9.63 Å². The topological polar surface area (TPSA) is 74.5 Å². The fourth-order valence-corrected chi connectivity index (χ4v) is 3.98. The SMILES string of the molecule is CCc1nn(C)c(CSc2nnc(C)n2CCN)c1Br. The van der Waals surface area contributed by atoms with Crippen molar-refractivity contribution in [2.75, 3.05) is 6.54 Å². The molecule has 0 radical (unpaired) electrons. The normalized spacial score (nSPS) is 11.2. The molecular weight excluding hydrogens is 340 g/mol. The lowest BCUT2D eigenvalue weighted by Gasteiger charge is -2.07. The van der Waals surface area contributed by atoms with Crippen LogP contribution in [0.3, 0.4) is 0 Å². The maximum atomic E-state index is 5.63. The van der Waals surface area contributed by atoms with Gasteiger partial charge in [0.1, 0.15) is 5.82 Å². The summed E-state index contributed by atoms with van der Waals surface area (Å²) in [6.07, 6.45) is 0.918. The predicted molar refractivity (Wildman–Crippen MR) is 83.7 cm³/mol. The molecule has 2 rings (SSSR count). The molecule has 2 aromatic heterocycles. The Balaban J connectivity index is 2.15. The first-order valence-electron chi connectivity index (χ1n) is 6.51. The van der Waals surface area contributed by atoms with Gasteiger partial charge in [-0.25, -0.2) is 0 Å². The number of aromatic nitrogens is 5. The van der Waals surface area contributed by atoms with Crippen molar-refractivity contribution in [1.82, 2.24) is 24.5 Å². The summed E-state index contributed by atoms with van der Waals surface area (Å²) in [6, 6.07) is 0. The monoisotopic (exact) mass is 358 g/mol. The number of nitrogens with two attached hydrogens (primary N) is 1. The lowest BCUT2D eigenvalue weighted by Crippen LogP contribution is -2.12. The van der Waals surface area contributed by atoms with E-state index in [1.54, 1.807) is 11.8 Å². The minimum Gasteiger partial charge on any atom is -0.329 e. The number of thioether (sulfide) groups is 1. The van der Waals surface area contributed by atoms with E-state index in [1.807, 2.05) is 18.7 Å². The molecule has 8 heteroatoms. The number of aryl methyl sites for hydroxylation is 3. The van der Waals surface area contributed by atoms with Gasteiger partial charge in [0.2, 0.25) is 0 Å². The third-order valence-electron chi connectivity index (χ3n) is 3.10. The summed E-state index contributed by atoms with van der Waals surface area (Å²) in [7, 11) is 1.97. The van der Waals surface area contributed by atoms with Gasteiger partial charge in [0.25, 0.3) is 0 Å². The second-order valence-electron chi connectivity index (χ2n) is 4.44. The number of hydrogen-bond acceptors (Lipinski definition) is 5. The van der Waals surface area contributed by atoms with Crippen LogP contribution in [0.25, 0.3) is 0 Å². The lowest BCUT2D eigenvalue weighted by atomic mass is 10.3. The highest BCUT2D eigenvalue weighted by molar-refractivity contribution is 9.10. The van der Waals surface area contributed by atoms with Crippen molar-refractivity contribution in [3.8, 4) is 0 Å². The lowest BCUT2D eigenvalue weighted by molar-refractivity contribution is 0.627. The van der Waals surface area contributed by atoms with E-state index in [9.17, 15) is 0 Å². The van der Waals surface area contributed by atoms with Crippen molar-refractivity contribution in [2.24, 2.45) is 12.8 Å². The highest BCUT2D eigenvalue weighted by Gasteiger charge is 2.15. The molecule has 0 aromatic carbocycles. The van der Waals surface area contributed by atoms with E-state index >= 15 is 0 Å². The second-order valence-corrected chi connectivity index (χ2v) is 6.18. The summed E-state index contributed by atoms with van der Waals surface area (Å²) >= 11 is 5.29. The quantitative estimate of drug-likeness (QED) is 0.798. The maximum absolute atomic E-state index is 5.63. The van der Waals surface area contributed by atoms with E-state index in [0.29, 0.717) is 6.54 Å². The van der Waals surface area contributed by atoms with Gasteiger partial charge in [-0.05, 0) is 29.3 Å². The highest BCUT2D eigenvalue weighted by atomic mass is 79.9. The Hall–Kier alpha value is -0.860. The van der Waals surface area contributed by atoms with Crippen LogP contribution in [-0.4, -0.2) is 31.1 Å². The molecule has 110 valence electrons. The number of hydrogen-bond donors (Lipinski definition) is 1. The molecule has 0 unspecified atom stereocenters. The van der Waals surface area contributed by atoms with Crippen molar-refractivity contribution in [2.45, 2.75) is 37.7 Å². The Morgan fingerprint density at radius 3 is 2.70 bits per heavy atom. The van der Waals surface area contributed by atoms with Crippen LogP contribution in [0.4, 0.5) is 0 Å². The maximum Gasteiger partial charge on any atom is 0.191 e. The van der Waals surface area contributed by atoms with Crippen LogP contribution in [0.2, 0.25) is 0 Å². The molecule has 0 aliphatic rings. The van der Waals surface area contributed by atoms with E-state index in [2.05, 4.69) is 42.7 Å². The van der Waals surface area contributed by atoms with E-state index in [1.165, 1.54) is 0 Å². The van der Waals surface area contributed by atoms with Gasteiger partial charge >= 0.3 is 0 Å². The summed E-state index contributed by atoms with van der Waals surface area (Å²) in [4.78, 5) is 0. The molecule has 0 fully saturated rings. The third-order valence-corrected chi connectivity index (χ3v) is 4.99. The van der Waals surface area contributed by atoms with E-state index in [4.69, 9.17) is 5.73 Å². The molecule has 2 heterocycles. The summed E-state index contributed by atoms with van der Waals surface area (Å²) in [6.45, 7) is 5.38. The first-order valence-corrected chi connectivity index (χ1v) is 8.29. The van der Waals surface area contributed by atoms with Crippen molar-refractivity contribution in [3.63, 3.8) is 0 Å². The molecule has 0 aliphatic heterocycles. The van der Waals surface area contributed by atoms with Crippen molar-refractivity contribution >= 4 is 27.7 Å². The molecule has 6 nitrogen and oxygen atoms in total. The summed E-state index contributed by atoms with van der Waals surface area (Å²) in [5.74, 6) is 1.70. The number of halogens is 1. The standard InChI is InChI=1S/C12H19BrN6S/c1-4-9-11(13)10(18(3)17-9)7-20-12-16-15-8(2)19(12)6-5-14/h4-7,14H2,1-3H3. The Labute approximate surface area is 131 Å². The van der Waals surface area contributed by atoms with Gasteiger partial charge in [-0.15, -0.1) is 10.2 Å². The van der Waals surface area contributed by atoms with Gasteiger partial charge in [-0.3, -0.25) is 4.68 Å². The average Bonchev–Trinajstić information content (AvgIpc) is 2.90. The largest absolute Gasteiger partial charge is 0.329 e. The van der Waals surface area contributed by atoms with E-state index in [-0.39, 0.29) is 0 Å². The van der Waals surface area contributed by atoms with Crippen molar-refractivity contribution < 1.29 is 0 Å². The fraction of sp³-hybridized carbons (Fsp3) is 0.583. The molecule has 0 spiro atoms. The van der Waals surface area contributed by atoms with Gasteiger partial charge in [-0.2, -0.15) is 5.10 Å². The molecule has 0 aliphatic carbocycles. The first-order chi connectivity index (χ1) is 9.58. The number of nitrogens with zero attached hydrogens (tertiary/aromatic N) is 5. The van der Waals surface area contributed by atoms with Crippen LogP contribution in [0.1, 0.15) is 24.1 Å². The van der Waals surface area contributed by atoms with Gasteiger partial charge in [0.15, 0.2) is 5.16 Å². The molecule has 2 aromatic rings. The van der Waals surface area contributed by atoms with Crippen LogP contribution in [0, 0.1) is 6.92 Å². The van der Waals surface area contributed by atoms with Crippen molar-refractivity contribution in [3.05, 3.63) is 21.7 Å². The Morgan fingerprint density at radius 2 is 2.10 bits per heavy atom. The highest BCUT2D eigenvalue weighted by Crippen LogP contribution is 2.28. The van der Waals surface area contributed by atoms with E-state index in [0.717, 1.165) is 45.6 Å². The van der Waals surface area contributed by atoms with Crippen LogP contribution >= 0.6 is 27.7 Å². The minimum atomic E-state index is 0.585. The molecule has 20 heavy (non-hydrogen) atoms. The van der Waals surface area contributed by atoms with E-state index < -0.39 is 0 Å². The number of rotatable bonds is 6. The van der Waals surface area contributed by atoms with Crippen LogP contribution in [-0.2, 0) is 25.8 Å². The molecule has 0 saturated heterocycles. The molecule has 0 atom stereocenters. The Kier molecular flexibility index (Phi) is 5.22. The summed E-state index contributed by atoms with van der Waals surface area (Å²) in [5.41, 5.74) is 7.87. The molecular formula is C12H19BrN6S.